The molecule has 8 nitrogen and oxygen atoms in total. The number of anilines is 1. The number of piperazine rings is 1. The lowest BCUT2D eigenvalue weighted by atomic mass is 9.53. The number of carbonyl (C=O) groups is 2. The number of aromatic hydroxyl groups is 1. The Balaban J connectivity index is 0.955. The Bertz CT molecular complexity index is 1700. The summed E-state index contributed by atoms with van der Waals surface area (Å²) in [5, 5.41) is 23.4. The van der Waals surface area contributed by atoms with Gasteiger partial charge in [0.1, 0.15) is 17.5 Å². The minimum atomic E-state index is -0.587. The van der Waals surface area contributed by atoms with Crippen LogP contribution in [0.1, 0.15) is 86.3 Å². The quantitative estimate of drug-likeness (QED) is 0.401. The van der Waals surface area contributed by atoms with E-state index in [0.717, 1.165) is 61.5 Å². The number of aliphatic hydroxyl groups is 1. The zero-order valence-electron chi connectivity index (χ0n) is 27.1. The Morgan fingerprint density at radius 2 is 1.72 bits per heavy atom. The van der Waals surface area contributed by atoms with Crippen LogP contribution in [-0.2, 0) is 11.2 Å². The Hall–Kier alpha value is -3.65. The van der Waals surface area contributed by atoms with E-state index >= 15 is 0 Å². The minimum Gasteiger partial charge on any atom is -0.506 e. The summed E-state index contributed by atoms with van der Waals surface area (Å²) >= 11 is 0. The van der Waals surface area contributed by atoms with Gasteiger partial charge in [0.05, 0.1) is 16.8 Å². The third kappa shape index (κ3) is 4.62. The van der Waals surface area contributed by atoms with E-state index < -0.39 is 11.6 Å². The number of nitrogens with zero attached hydrogens (tertiary/aromatic N) is 4. The third-order valence-electron chi connectivity index (χ3n) is 12.9. The van der Waals surface area contributed by atoms with Gasteiger partial charge in [-0.2, -0.15) is 0 Å². The maximum Gasteiger partial charge on any atom is 0.273 e. The molecule has 0 spiro atoms. The average molecular weight is 623 g/mol. The summed E-state index contributed by atoms with van der Waals surface area (Å²) in [4.78, 5) is 37.8. The van der Waals surface area contributed by atoms with Crippen molar-refractivity contribution in [2.45, 2.75) is 82.8 Å². The molecule has 2 saturated carbocycles. The summed E-state index contributed by atoms with van der Waals surface area (Å²) in [6, 6.07) is 15.2. The van der Waals surface area contributed by atoms with Gasteiger partial charge in [-0.3, -0.25) is 9.59 Å². The van der Waals surface area contributed by atoms with E-state index in [1.165, 1.54) is 11.1 Å². The van der Waals surface area contributed by atoms with E-state index in [-0.39, 0.29) is 17.2 Å². The lowest BCUT2D eigenvalue weighted by Gasteiger charge is -2.52. The van der Waals surface area contributed by atoms with Crippen molar-refractivity contribution >= 4 is 28.4 Å². The van der Waals surface area contributed by atoms with Crippen molar-refractivity contribution in [1.82, 2.24) is 14.8 Å². The number of fused-ring (bicyclic) bond motifs is 6. The van der Waals surface area contributed by atoms with Gasteiger partial charge < -0.3 is 24.9 Å². The fraction of sp³-hybridized carbons (Fsp3) is 0.553. The normalized spacial score (nSPS) is 32.3. The molecule has 5 aliphatic rings. The molecule has 46 heavy (non-hydrogen) atoms. The molecule has 0 bridgehead atoms. The molecule has 3 aromatic rings. The second-order valence-electron chi connectivity index (χ2n) is 15.1. The molecule has 2 saturated heterocycles. The first-order valence-electron chi connectivity index (χ1n) is 17.4. The topological polar surface area (TPSA) is 97.2 Å². The molecule has 2 aliphatic heterocycles. The molecule has 1 aromatic heterocycles. The number of para-hydroxylation sites is 1. The summed E-state index contributed by atoms with van der Waals surface area (Å²) in [6.07, 6.45) is 7.70. The number of benzene rings is 2. The Kier molecular flexibility index (Phi) is 7.09. The molecule has 8 rings (SSSR count). The predicted octanol–water partition coefficient (Wildman–Crippen LogP) is 5.50. The molecule has 4 fully saturated rings. The van der Waals surface area contributed by atoms with Gasteiger partial charge in [0.2, 0.25) is 5.91 Å². The van der Waals surface area contributed by atoms with Gasteiger partial charge in [0, 0.05) is 38.1 Å². The van der Waals surface area contributed by atoms with E-state index in [1.807, 2.05) is 41.3 Å². The maximum absolute atomic E-state index is 13.8. The maximum atomic E-state index is 13.8. The Morgan fingerprint density at radius 1 is 0.913 bits per heavy atom. The standard InChI is InChI=1S/C38H46N4O4/c1-37-15-13-26-27(29(37)14-16-38(37,2)46)11-9-25-22-34(43)33(23-28(25)26)40-18-20-41(21-19-40)36(45)32-8-5-17-42(32)35(44)31-12-10-24-6-3-4-7-30(24)39-31/h3-4,6-7,10,12,22-23,26-27,29,32,43,46H,5,8-9,11,13-21H2,1-2H3/t26?,27?,29?,32-,37-,38-/m0/s1. The lowest BCUT2D eigenvalue weighted by Crippen LogP contribution is -2.54. The van der Waals surface area contributed by atoms with Crippen molar-refractivity contribution in [3.8, 4) is 5.75 Å². The number of carbonyl (C=O) groups excluding carboxylic acids is 2. The number of amides is 2. The molecule has 3 aliphatic carbocycles. The Morgan fingerprint density at radius 3 is 2.54 bits per heavy atom. The van der Waals surface area contributed by atoms with Crippen molar-refractivity contribution in [2.75, 3.05) is 37.6 Å². The van der Waals surface area contributed by atoms with E-state index in [9.17, 15) is 19.8 Å². The van der Waals surface area contributed by atoms with Gasteiger partial charge in [-0.15, -0.1) is 0 Å². The van der Waals surface area contributed by atoms with Crippen LogP contribution in [0.2, 0.25) is 0 Å². The molecule has 8 heteroatoms. The highest BCUT2D eigenvalue weighted by atomic mass is 16.3. The number of phenolic OH excluding ortho intramolecular Hbond substituents is 1. The monoisotopic (exact) mass is 622 g/mol. The first kappa shape index (κ1) is 29.7. The van der Waals surface area contributed by atoms with Gasteiger partial charge in [-0.05, 0) is 117 Å². The third-order valence-corrected chi connectivity index (χ3v) is 12.9. The predicted molar refractivity (Wildman–Crippen MR) is 178 cm³/mol. The van der Waals surface area contributed by atoms with Crippen LogP contribution in [-0.4, -0.2) is 81.2 Å². The zero-order valence-corrected chi connectivity index (χ0v) is 27.1. The van der Waals surface area contributed by atoms with Crippen LogP contribution < -0.4 is 4.90 Å². The highest BCUT2D eigenvalue weighted by Gasteiger charge is 2.59. The number of hydrogen-bond acceptors (Lipinski definition) is 6. The SMILES string of the molecule is C[C@]1(O)CCC2C3CCc4cc(O)c(N5CCN(C(=O)[C@@H]6CCCN6C(=O)c6ccc7ccccc7n6)CC5)cc4C3CC[C@@]21C. The molecule has 2 N–H and O–H groups in total. The minimum absolute atomic E-state index is 0.0141. The van der Waals surface area contributed by atoms with Crippen LogP contribution in [0.3, 0.4) is 0 Å². The number of pyridine rings is 1. The van der Waals surface area contributed by atoms with Gasteiger partial charge >= 0.3 is 0 Å². The number of aromatic nitrogens is 1. The highest BCUT2D eigenvalue weighted by molar-refractivity contribution is 5.98. The van der Waals surface area contributed by atoms with E-state index in [1.54, 1.807) is 11.0 Å². The van der Waals surface area contributed by atoms with Crippen molar-refractivity contribution in [3.05, 3.63) is 65.4 Å². The largest absolute Gasteiger partial charge is 0.506 e. The summed E-state index contributed by atoms with van der Waals surface area (Å²) in [5.41, 5.74) is 4.10. The highest BCUT2D eigenvalue weighted by Crippen LogP contribution is 2.64. The number of phenols is 1. The van der Waals surface area contributed by atoms with E-state index in [4.69, 9.17) is 0 Å². The van der Waals surface area contributed by atoms with Crippen LogP contribution in [0.25, 0.3) is 10.9 Å². The van der Waals surface area contributed by atoms with E-state index in [0.29, 0.717) is 68.3 Å². The van der Waals surface area contributed by atoms with Crippen LogP contribution >= 0.6 is 0 Å². The second kappa shape index (κ2) is 11.0. The first-order chi connectivity index (χ1) is 22.1. The van der Waals surface area contributed by atoms with Crippen molar-refractivity contribution < 1.29 is 19.8 Å². The van der Waals surface area contributed by atoms with Crippen LogP contribution in [0.4, 0.5) is 5.69 Å². The number of likely N-dealkylation sites (tertiary alicyclic amines) is 1. The van der Waals surface area contributed by atoms with Gasteiger partial charge in [0.15, 0.2) is 0 Å². The number of hydrogen-bond donors (Lipinski definition) is 2. The second-order valence-corrected chi connectivity index (χ2v) is 15.1. The van der Waals surface area contributed by atoms with Crippen LogP contribution in [0, 0.1) is 17.3 Å². The lowest BCUT2D eigenvalue weighted by molar-refractivity contribution is -0.135. The van der Waals surface area contributed by atoms with Crippen molar-refractivity contribution in [1.29, 1.82) is 0 Å². The molecule has 3 heterocycles. The van der Waals surface area contributed by atoms with Crippen LogP contribution in [0.15, 0.2) is 48.5 Å². The van der Waals surface area contributed by atoms with Gasteiger partial charge in [-0.25, -0.2) is 4.98 Å². The molecule has 3 unspecified atom stereocenters. The summed E-state index contributed by atoms with van der Waals surface area (Å²) in [7, 11) is 0. The zero-order chi connectivity index (χ0) is 31.8. The van der Waals surface area contributed by atoms with Gasteiger partial charge in [0.25, 0.3) is 5.91 Å². The molecule has 2 aromatic carbocycles. The number of aryl methyl sites for hydroxylation is 1. The smallest absolute Gasteiger partial charge is 0.273 e. The molecule has 0 radical (unpaired) electrons. The molecule has 6 atom stereocenters. The molecule has 242 valence electrons. The number of rotatable bonds is 3. The molecule has 2 amide bonds. The first-order valence-corrected chi connectivity index (χ1v) is 17.4. The average Bonchev–Trinajstić information content (AvgIpc) is 3.65. The Labute approximate surface area is 271 Å². The molecular formula is C38H46N4O4. The van der Waals surface area contributed by atoms with E-state index in [2.05, 4.69) is 29.8 Å². The summed E-state index contributed by atoms with van der Waals surface area (Å²) in [6.45, 7) is 7.33. The fourth-order valence-corrected chi connectivity index (χ4v) is 10.1. The van der Waals surface area contributed by atoms with Gasteiger partial charge in [-0.1, -0.05) is 31.2 Å². The van der Waals surface area contributed by atoms with Crippen molar-refractivity contribution in [2.24, 2.45) is 17.3 Å². The van der Waals surface area contributed by atoms with Crippen LogP contribution in [0.5, 0.6) is 5.75 Å². The van der Waals surface area contributed by atoms with Crippen molar-refractivity contribution in [3.63, 3.8) is 0 Å². The fourth-order valence-electron chi connectivity index (χ4n) is 10.1. The summed E-state index contributed by atoms with van der Waals surface area (Å²) < 4.78 is 0. The summed E-state index contributed by atoms with van der Waals surface area (Å²) in [5.74, 6) is 1.76. The molecular weight excluding hydrogens is 576 g/mol.